The SMILES string of the molecule is COc1ccc(F)cc1-c1c(C#N)ccc(O)c1C(=O)O. The maximum atomic E-state index is 13.5. The number of aromatic hydroxyl groups is 1. The second kappa shape index (κ2) is 5.51. The van der Waals surface area contributed by atoms with Crippen LogP contribution in [-0.4, -0.2) is 23.3 Å². The number of phenols is 1. The van der Waals surface area contributed by atoms with Crippen molar-refractivity contribution in [3.8, 4) is 28.7 Å². The molecule has 2 aromatic carbocycles. The first kappa shape index (κ1) is 14.3. The van der Waals surface area contributed by atoms with Crippen LogP contribution in [0, 0.1) is 17.1 Å². The normalized spacial score (nSPS) is 9.95. The fourth-order valence-electron chi connectivity index (χ4n) is 2.06. The molecule has 2 aromatic rings. The quantitative estimate of drug-likeness (QED) is 0.905. The maximum absolute atomic E-state index is 13.5. The zero-order valence-corrected chi connectivity index (χ0v) is 10.9. The molecule has 0 aromatic heterocycles. The van der Waals surface area contributed by atoms with Crippen LogP contribution in [0.25, 0.3) is 11.1 Å². The Balaban J connectivity index is 2.92. The molecule has 0 radical (unpaired) electrons. The van der Waals surface area contributed by atoms with E-state index in [0.29, 0.717) is 0 Å². The summed E-state index contributed by atoms with van der Waals surface area (Å²) in [6.07, 6.45) is 0. The van der Waals surface area contributed by atoms with E-state index >= 15 is 0 Å². The third kappa shape index (κ3) is 2.49. The predicted molar refractivity (Wildman–Crippen MR) is 71.7 cm³/mol. The minimum Gasteiger partial charge on any atom is -0.507 e. The summed E-state index contributed by atoms with van der Waals surface area (Å²) in [7, 11) is 1.34. The van der Waals surface area contributed by atoms with Crippen molar-refractivity contribution in [2.75, 3.05) is 7.11 Å². The monoisotopic (exact) mass is 287 g/mol. The summed E-state index contributed by atoms with van der Waals surface area (Å²) in [5.41, 5.74) is -0.476. The van der Waals surface area contributed by atoms with E-state index in [1.807, 2.05) is 6.07 Å². The molecule has 0 bridgehead atoms. The molecule has 6 heteroatoms. The lowest BCUT2D eigenvalue weighted by Crippen LogP contribution is -2.03. The summed E-state index contributed by atoms with van der Waals surface area (Å²) in [5.74, 6) is -2.36. The number of nitriles is 1. The van der Waals surface area contributed by atoms with Gasteiger partial charge in [-0.1, -0.05) is 0 Å². The number of hydrogen-bond acceptors (Lipinski definition) is 4. The van der Waals surface area contributed by atoms with Crippen molar-refractivity contribution in [2.24, 2.45) is 0 Å². The number of rotatable bonds is 3. The highest BCUT2D eigenvalue weighted by Crippen LogP contribution is 2.38. The lowest BCUT2D eigenvalue weighted by Gasteiger charge is -2.13. The Bertz CT molecular complexity index is 765. The fraction of sp³-hybridized carbons (Fsp3) is 0.0667. The van der Waals surface area contributed by atoms with Crippen molar-refractivity contribution in [1.29, 1.82) is 5.26 Å². The fourth-order valence-corrected chi connectivity index (χ4v) is 2.06. The number of carbonyl (C=O) groups is 1. The Morgan fingerprint density at radius 3 is 2.62 bits per heavy atom. The summed E-state index contributed by atoms with van der Waals surface area (Å²) in [5, 5.41) is 28.2. The van der Waals surface area contributed by atoms with Crippen molar-refractivity contribution in [1.82, 2.24) is 0 Å². The first-order chi connectivity index (χ1) is 9.99. The highest BCUT2D eigenvalue weighted by atomic mass is 19.1. The molecule has 0 aliphatic carbocycles. The molecular formula is C15H10FNO4. The second-order valence-corrected chi connectivity index (χ2v) is 4.14. The highest BCUT2D eigenvalue weighted by molar-refractivity contribution is 6.01. The van der Waals surface area contributed by atoms with E-state index in [-0.39, 0.29) is 22.4 Å². The average molecular weight is 287 g/mol. The Morgan fingerprint density at radius 2 is 2.05 bits per heavy atom. The van der Waals surface area contributed by atoms with Gasteiger partial charge in [-0.3, -0.25) is 0 Å². The van der Waals surface area contributed by atoms with Crippen molar-refractivity contribution >= 4 is 5.97 Å². The molecule has 0 saturated carbocycles. The van der Waals surface area contributed by atoms with Crippen LogP contribution < -0.4 is 4.74 Å². The highest BCUT2D eigenvalue weighted by Gasteiger charge is 2.23. The van der Waals surface area contributed by atoms with E-state index in [0.717, 1.165) is 18.2 Å². The molecule has 0 amide bonds. The second-order valence-electron chi connectivity index (χ2n) is 4.14. The number of halogens is 1. The van der Waals surface area contributed by atoms with Crippen LogP contribution in [0.1, 0.15) is 15.9 Å². The van der Waals surface area contributed by atoms with Gasteiger partial charge in [0.2, 0.25) is 0 Å². The van der Waals surface area contributed by atoms with Gasteiger partial charge in [-0.05, 0) is 30.3 Å². The van der Waals surface area contributed by atoms with E-state index in [4.69, 9.17) is 10.00 Å². The van der Waals surface area contributed by atoms with Crippen LogP contribution in [0.15, 0.2) is 30.3 Å². The van der Waals surface area contributed by atoms with E-state index in [9.17, 15) is 19.4 Å². The lowest BCUT2D eigenvalue weighted by molar-refractivity contribution is 0.0694. The molecule has 0 spiro atoms. The topological polar surface area (TPSA) is 90.5 Å². The van der Waals surface area contributed by atoms with Crippen LogP contribution in [-0.2, 0) is 0 Å². The lowest BCUT2D eigenvalue weighted by atomic mass is 9.93. The van der Waals surface area contributed by atoms with Crippen molar-refractivity contribution in [2.45, 2.75) is 0 Å². The van der Waals surface area contributed by atoms with E-state index in [1.54, 1.807) is 0 Å². The van der Waals surface area contributed by atoms with Crippen LogP contribution in [0.5, 0.6) is 11.5 Å². The zero-order chi connectivity index (χ0) is 15.6. The largest absolute Gasteiger partial charge is 0.507 e. The number of carboxylic acid groups (broad SMARTS) is 1. The molecule has 21 heavy (non-hydrogen) atoms. The number of methoxy groups -OCH3 is 1. The molecule has 0 saturated heterocycles. The van der Waals surface area contributed by atoms with Crippen LogP contribution >= 0.6 is 0 Å². The Morgan fingerprint density at radius 1 is 1.33 bits per heavy atom. The standard InChI is InChI=1S/C15H10FNO4/c1-21-12-5-3-9(16)6-10(12)13-8(7-17)2-4-11(18)14(13)15(19)20/h2-6,18H,1H3,(H,19,20). The van der Waals surface area contributed by atoms with Gasteiger partial charge in [-0.25, -0.2) is 9.18 Å². The number of benzene rings is 2. The van der Waals surface area contributed by atoms with Crippen molar-refractivity contribution in [3.63, 3.8) is 0 Å². The van der Waals surface area contributed by atoms with Crippen LogP contribution in [0.2, 0.25) is 0 Å². The Kier molecular flexibility index (Phi) is 3.76. The number of ether oxygens (including phenoxy) is 1. The Hall–Kier alpha value is -3.07. The van der Waals surface area contributed by atoms with Gasteiger partial charge in [0.1, 0.15) is 22.9 Å². The molecule has 2 N–H and O–H groups in total. The van der Waals surface area contributed by atoms with Gasteiger partial charge in [0.15, 0.2) is 0 Å². The van der Waals surface area contributed by atoms with Crippen molar-refractivity contribution < 1.29 is 24.1 Å². The molecule has 0 aliphatic heterocycles. The summed E-state index contributed by atoms with van der Waals surface area (Å²) in [4.78, 5) is 11.4. The third-order valence-electron chi connectivity index (χ3n) is 2.95. The summed E-state index contributed by atoms with van der Waals surface area (Å²) in [6.45, 7) is 0. The molecule has 0 aliphatic rings. The zero-order valence-electron chi connectivity index (χ0n) is 10.9. The van der Waals surface area contributed by atoms with Gasteiger partial charge in [0.25, 0.3) is 0 Å². The van der Waals surface area contributed by atoms with E-state index < -0.39 is 23.1 Å². The number of hydrogen-bond donors (Lipinski definition) is 2. The first-order valence-corrected chi connectivity index (χ1v) is 5.83. The van der Waals surface area contributed by atoms with Gasteiger partial charge in [0.05, 0.1) is 18.7 Å². The van der Waals surface area contributed by atoms with E-state index in [1.165, 1.54) is 19.2 Å². The van der Waals surface area contributed by atoms with Gasteiger partial charge in [0, 0.05) is 11.1 Å². The third-order valence-corrected chi connectivity index (χ3v) is 2.95. The molecule has 2 rings (SSSR count). The average Bonchev–Trinajstić information content (AvgIpc) is 2.46. The first-order valence-electron chi connectivity index (χ1n) is 5.83. The molecule has 0 fully saturated rings. The number of aromatic carboxylic acids is 1. The van der Waals surface area contributed by atoms with E-state index in [2.05, 4.69) is 0 Å². The minimum atomic E-state index is -1.43. The molecular weight excluding hydrogens is 277 g/mol. The summed E-state index contributed by atoms with van der Waals surface area (Å²) in [6, 6.07) is 7.74. The molecule has 106 valence electrons. The number of carboxylic acids is 1. The summed E-state index contributed by atoms with van der Waals surface area (Å²) < 4.78 is 18.6. The Labute approximate surface area is 119 Å². The molecule has 0 unspecified atom stereocenters. The van der Waals surface area contributed by atoms with Gasteiger partial charge >= 0.3 is 5.97 Å². The van der Waals surface area contributed by atoms with Gasteiger partial charge in [-0.2, -0.15) is 5.26 Å². The summed E-state index contributed by atoms with van der Waals surface area (Å²) >= 11 is 0. The molecule has 0 heterocycles. The van der Waals surface area contributed by atoms with Crippen LogP contribution in [0.4, 0.5) is 4.39 Å². The van der Waals surface area contributed by atoms with Gasteiger partial charge < -0.3 is 14.9 Å². The van der Waals surface area contributed by atoms with Crippen LogP contribution in [0.3, 0.4) is 0 Å². The molecule has 5 nitrogen and oxygen atoms in total. The predicted octanol–water partition coefficient (Wildman–Crippen LogP) is 2.78. The number of nitrogens with zero attached hydrogens (tertiary/aromatic N) is 1. The smallest absolute Gasteiger partial charge is 0.340 e. The maximum Gasteiger partial charge on any atom is 0.340 e. The van der Waals surface area contributed by atoms with Crippen molar-refractivity contribution in [3.05, 3.63) is 47.3 Å². The molecule has 0 atom stereocenters. The minimum absolute atomic E-state index is 0.00546. The van der Waals surface area contributed by atoms with Gasteiger partial charge in [-0.15, -0.1) is 0 Å².